The molecule has 0 radical (unpaired) electrons. The first kappa shape index (κ1) is 34.4. The molecule has 2 heterocycles. The summed E-state index contributed by atoms with van der Waals surface area (Å²) in [7, 11) is 0. The van der Waals surface area contributed by atoms with Crippen molar-refractivity contribution in [2.45, 2.75) is 96.3 Å². The zero-order valence-electron chi connectivity index (χ0n) is 27.8. The number of nitrogens with zero attached hydrogens (tertiary/aromatic N) is 2. The molecule has 5 rings (SSSR count). The van der Waals surface area contributed by atoms with Gasteiger partial charge < -0.3 is 20.9 Å². The van der Waals surface area contributed by atoms with Gasteiger partial charge in [0.05, 0.1) is 11.5 Å². The molecule has 8 nitrogen and oxygen atoms in total. The summed E-state index contributed by atoms with van der Waals surface area (Å²) in [5.74, 6) is 0.215. The van der Waals surface area contributed by atoms with Crippen molar-refractivity contribution < 1.29 is 14.4 Å². The Balaban J connectivity index is 1.29. The van der Waals surface area contributed by atoms with Gasteiger partial charge in [0.2, 0.25) is 17.7 Å². The Labute approximate surface area is 280 Å². The summed E-state index contributed by atoms with van der Waals surface area (Å²) in [6.45, 7) is 10.0. The van der Waals surface area contributed by atoms with Crippen LogP contribution < -0.4 is 16.0 Å². The Kier molecular flexibility index (Phi) is 11.4. The van der Waals surface area contributed by atoms with Crippen LogP contribution >= 0.6 is 11.6 Å². The molecule has 2 aromatic rings. The normalized spacial score (nSPS) is 21.7. The minimum atomic E-state index is -0.717. The van der Waals surface area contributed by atoms with Gasteiger partial charge in [0, 0.05) is 56.3 Å². The molecular formula is C37H52ClN5O3. The summed E-state index contributed by atoms with van der Waals surface area (Å²) in [4.78, 5) is 46.0. The van der Waals surface area contributed by atoms with Crippen LogP contribution in [0.4, 0.5) is 0 Å². The van der Waals surface area contributed by atoms with Crippen molar-refractivity contribution in [2.75, 3.05) is 32.7 Å². The maximum Gasteiger partial charge on any atom is 0.245 e. The maximum absolute atomic E-state index is 14.2. The molecule has 3 aliphatic rings. The number of piperidine rings is 1. The fourth-order valence-electron chi connectivity index (χ4n) is 7.59. The van der Waals surface area contributed by atoms with Gasteiger partial charge in [-0.05, 0) is 75.6 Å². The summed E-state index contributed by atoms with van der Waals surface area (Å²) < 4.78 is 0. The average molecular weight is 650 g/mol. The number of piperazine rings is 1. The van der Waals surface area contributed by atoms with Gasteiger partial charge in [0.15, 0.2) is 0 Å². The second kappa shape index (κ2) is 15.3. The zero-order valence-corrected chi connectivity index (χ0v) is 28.6. The number of nitrogens with one attached hydrogen (secondary N) is 3. The van der Waals surface area contributed by atoms with E-state index in [2.05, 4.69) is 33.0 Å². The first-order valence-corrected chi connectivity index (χ1v) is 17.6. The van der Waals surface area contributed by atoms with Gasteiger partial charge in [-0.1, -0.05) is 73.3 Å². The van der Waals surface area contributed by atoms with Gasteiger partial charge in [-0.25, -0.2) is 0 Å². The minimum absolute atomic E-state index is 0.0891. The summed E-state index contributed by atoms with van der Waals surface area (Å²) in [6.07, 6.45) is 7.33. The van der Waals surface area contributed by atoms with E-state index in [0.717, 1.165) is 44.3 Å². The smallest absolute Gasteiger partial charge is 0.245 e. The molecule has 46 heavy (non-hydrogen) atoms. The van der Waals surface area contributed by atoms with Crippen molar-refractivity contribution in [2.24, 2.45) is 11.3 Å². The molecule has 3 N–H and O–H groups in total. The molecule has 250 valence electrons. The second-order valence-corrected chi connectivity index (χ2v) is 15.1. The summed E-state index contributed by atoms with van der Waals surface area (Å²) in [5, 5.41) is 10.4. The fraction of sp³-hybridized carbons (Fsp3) is 0.595. The van der Waals surface area contributed by atoms with Crippen LogP contribution in [0.3, 0.4) is 0 Å². The van der Waals surface area contributed by atoms with Crippen LogP contribution in [0.25, 0.3) is 0 Å². The first-order valence-electron chi connectivity index (χ1n) is 17.2. The molecule has 2 aromatic carbocycles. The van der Waals surface area contributed by atoms with Gasteiger partial charge >= 0.3 is 0 Å². The molecular weight excluding hydrogens is 598 g/mol. The molecule has 3 fully saturated rings. The van der Waals surface area contributed by atoms with E-state index < -0.39 is 17.5 Å². The van der Waals surface area contributed by atoms with Crippen molar-refractivity contribution in [1.29, 1.82) is 0 Å². The van der Waals surface area contributed by atoms with Crippen molar-refractivity contribution in [3.63, 3.8) is 0 Å². The van der Waals surface area contributed by atoms with Crippen molar-refractivity contribution in [1.82, 2.24) is 25.8 Å². The summed E-state index contributed by atoms with van der Waals surface area (Å²) in [6, 6.07) is 16.6. The molecule has 1 saturated carbocycles. The third kappa shape index (κ3) is 8.90. The van der Waals surface area contributed by atoms with Gasteiger partial charge in [-0.3, -0.25) is 19.3 Å². The minimum Gasteiger partial charge on any atom is -0.351 e. The second-order valence-electron chi connectivity index (χ2n) is 14.6. The molecule has 2 aliphatic heterocycles. The third-order valence-corrected chi connectivity index (χ3v) is 10.3. The topological polar surface area (TPSA) is 93.8 Å². The zero-order chi connectivity index (χ0) is 32.7. The van der Waals surface area contributed by atoms with Crippen LogP contribution in [0, 0.1) is 11.3 Å². The quantitative estimate of drug-likeness (QED) is 0.358. The Hall–Kier alpha value is -2.94. The number of hydrogen-bond donors (Lipinski definition) is 3. The number of amides is 3. The molecule has 2 saturated heterocycles. The van der Waals surface area contributed by atoms with Crippen molar-refractivity contribution in [3.05, 3.63) is 70.7 Å². The van der Waals surface area contributed by atoms with Gasteiger partial charge in [-0.15, -0.1) is 0 Å². The van der Waals surface area contributed by atoms with Crippen LogP contribution in [-0.4, -0.2) is 77.9 Å². The highest BCUT2D eigenvalue weighted by Gasteiger charge is 2.49. The number of carbonyl (C=O) groups excluding carboxylic acids is 3. The molecule has 0 spiro atoms. The Morgan fingerprint density at radius 2 is 1.61 bits per heavy atom. The number of carbonyl (C=O) groups is 3. The van der Waals surface area contributed by atoms with E-state index in [0.29, 0.717) is 56.4 Å². The fourth-order valence-corrected chi connectivity index (χ4v) is 7.71. The van der Waals surface area contributed by atoms with Gasteiger partial charge in [0.1, 0.15) is 6.04 Å². The summed E-state index contributed by atoms with van der Waals surface area (Å²) in [5.41, 5.74) is 1.37. The van der Waals surface area contributed by atoms with Crippen LogP contribution in [0.1, 0.15) is 76.8 Å². The van der Waals surface area contributed by atoms with Gasteiger partial charge in [-0.2, -0.15) is 0 Å². The standard InChI is InChI=1S/C37H52ClN5O3/c1-36(2,3)41-35(46)37(29-12-8-5-9-13-29)18-21-43(22-19-37)34(45)31(24-27-14-16-30(38)17-15-27)40-33(44)32-26-42(23-20-39-32)25-28-10-6-4-7-11-28/h4,6-7,10-11,14-17,29,31-32,39H,5,8-9,12-13,18-26H2,1-3H3,(H,40,44)(H,41,46)/t31-,32-/m1/s1. The van der Waals surface area contributed by atoms with E-state index in [9.17, 15) is 14.4 Å². The number of rotatable bonds is 9. The monoisotopic (exact) mass is 649 g/mol. The average Bonchev–Trinajstić information content (AvgIpc) is 3.05. The van der Waals surface area contributed by atoms with Gasteiger partial charge in [0.25, 0.3) is 0 Å². The molecule has 1 aliphatic carbocycles. The Morgan fingerprint density at radius 1 is 0.935 bits per heavy atom. The number of benzene rings is 2. The lowest BCUT2D eigenvalue weighted by Gasteiger charge is -2.48. The van der Waals surface area contributed by atoms with E-state index in [1.165, 1.54) is 12.0 Å². The Bertz CT molecular complexity index is 1310. The predicted octanol–water partition coefficient (Wildman–Crippen LogP) is 4.95. The highest BCUT2D eigenvalue weighted by molar-refractivity contribution is 6.30. The first-order chi connectivity index (χ1) is 22.0. The van der Waals surface area contributed by atoms with Crippen LogP contribution in [0.2, 0.25) is 5.02 Å². The van der Waals surface area contributed by atoms with E-state index in [-0.39, 0.29) is 23.3 Å². The molecule has 3 amide bonds. The molecule has 9 heteroatoms. The van der Waals surface area contributed by atoms with Crippen molar-refractivity contribution in [3.8, 4) is 0 Å². The number of likely N-dealkylation sites (tertiary alicyclic amines) is 1. The van der Waals surface area contributed by atoms with Crippen LogP contribution in [-0.2, 0) is 27.3 Å². The van der Waals surface area contributed by atoms with E-state index in [1.807, 2.05) is 68.1 Å². The molecule has 0 aromatic heterocycles. The maximum atomic E-state index is 14.2. The van der Waals surface area contributed by atoms with Crippen LogP contribution in [0.5, 0.6) is 0 Å². The van der Waals surface area contributed by atoms with Crippen molar-refractivity contribution >= 4 is 29.3 Å². The number of halogens is 1. The molecule has 0 unspecified atom stereocenters. The lowest BCUT2D eigenvalue weighted by atomic mass is 9.63. The van der Waals surface area contributed by atoms with E-state index >= 15 is 0 Å². The van der Waals surface area contributed by atoms with E-state index in [4.69, 9.17) is 11.6 Å². The van der Waals surface area contributed by atoms with Crippen LogP contribution in [0.15, 0.2) is 54.6 Å². The Morgan fingerprint density at radius 3 is 2.26 bits per heavy atom. The summed E-state index contributed by atoms with van der Waals surface area (Å²) >= 11 is 6.16. The SMILES string of the molecule is CC(C)(C)NC(=O)C1(C2CCCCC2)CCN(C(=O)[C@@H](Cc2ccc(Cl)cc2)NC(=O)[C@H]2CN(Cc3ccccc3)CCN2)CC1. The predicted molar refractivity (Wildman–Crippen MR) is 183 cm³/mol. The molecule has 0 bridgehead atoms. The molecule has 2 atom stereocenters. The highest BCUT2D eigenvalue weighted by Crippen LogP contribution is 2.46. The largest absolute Gasteiger partial charge is 0.351 e. The third-order valence-electron chi connectivity index (χ3n) is 10.1. The van der Waals surface area contributed by atoms with E-state index in [1.54, 1.807) is 0 Å². The number of hydrogen-bond acceptors (Lipinski definition) is 5. The lowest BCUT2D eigenvalue weighted by Crippen LogP contribution is -2.61. The highest BCUT2D eigenvalue weighted by atomic mass is 35.5. The lowest BCUT2D eigenvalue weighted by molar-refractivity contribution is -0.147.